The molecule has 2 aromatic carbocycles. The number of amides is 1. The van der Waals surface area contributed by atoms with Crippen LogP contribution in [0, 0.1) is 11.3 Å². The van der Waals surface area contributed by atoms with E-state index < -0.39 is 0 Å². The molecule has 34 heavy (non-hydrogen) atoms. The molecular formula is C28H36N2O4. The summed E-state index contributed by atoms with van der Waals surface area (Å²) >= 11 is 0. The molecule has 1 unspecified atom stereocenters. The van der Waals surface area contributed by atoms with Gasteiger partial charge < -0.3 is 19.5 Å². The van der Waals surface area contributed by atoms with Crippen molar-refractivity contribution in [2.45, 2.75) is 51.7 Å². The van der Waals surface area contributed by atoms with Crippen molar-refractivity contribution >= 4 is 6.09 Å². The van der Waals surface area contributed by atoms with Gasteiger partial charge in [0, 0.05) is 12.1 Å². The first-order valence-electron chi connectivity index (χ1n) is 12.4. The molecule has 2 atom stereocenters. The van der Waals surface area contributed by atoms with Crippen LogP contribution in [0.25, 0.3) is 11.1 Å². The number of piperidine rings is 3. The maximum absolute atomic E-state index is 13.0. The lowest BCUT2D eigenvalue weighted by molar-refractivity contribution is -0.0353. The number of nitrogens with zero attached hydrogens (tertiary/aromatic N) is 1. The summed E-state index contributed by atoms with van der Waals surface area (Å²) < 4.78 is 17.0. The molecule has 0 aromatic heterocycles. The minimum atomic E-state index is -0.289. The number of carbonyl (C=O) groups excluding carboxylic acids is 1. The molecule has 0 radical (unpaired) electrons. The molecule has 3 saturated heterocycles. The van der Waals surface area contributed by atoms with Crippen LogP contribution in [0.4, 0.5) is 4.79 Å². The number of rotatable bonds is 5. The highest BCUT2D eigenvalue weighted by Gasteiger charge is 2.40. The Hall–Kier alpha value is -2.73. The molecule has 6 nitrogen and oxygen atoms in total. The normalized spacial score (nSPS) is 26.9. The fraction of sp³-hybridized carbons (Fsp3) is 0.536. The van der Waals surface area contributed by atoms with Crippen LogP contribution in [-0.2, 0) is 11.2 Å². The van der Waals surface area contributed by atoms with Gasteiger partial charge in [-0.1, -0.05) is 32.0 Å². The highest BCUT2D eigenvalue weighted by molar-refractivity contribution is 5.74. The van der Waals surface area contributed by atoms with Crippen molar-refractivity contribution in [3.8, 4) is 22.6 Å². The van der Waals surface area contributed by atoms with Crippen LogP contribution >= 0.6 is 0 Å². The number of aryl methyl sites for hydroxylation is 1. The first-order valence-corrected chi connectivity index (χ1v) is 12.4. The van der Waals surface area contributed by atoms with Gasteiger partial charge in [-0.2, -0.15) is 0 Å². The molecular weight excluding hydrogens is 428 g/mol. The Kier molecular flexibility index (Phi) is 6.19. The Labute approximate surface area is 202 Å². The van der Waals surface area contributed by atoms with Crippen molar-refractivity contribution in [1.82, 2.24) is 10.2 Å². The minimum Gasteiger partial charge on any atom is -0.497 e. The van der Waals surface area contributed by atoms with Crippen LogP contribution in [0.5, 0.6) is 11.5 Å². The first-order chi connectivity index (χ1) is 16.4. The average molecular weight is 465 g/mol. The molecule has 4 aliphatic rings. The van der Waals surface area contributed by atoms with E-state index in [0.29, 0.717) is 5.92 Å². The second-order valence-electron chi connectivity index (χ2n) is 10.6. The van der Waals surface area contributed by atoms with Crippen LogP contribution in [0.1, 0.15) is 50.3 Å². The Bertz CT molecular complexity index is 1060. The Morgan fingerprint density at radius 3 is 2.53 bits per heavy atom. The smallest absolute Gasteiger partial charge is 0.407 e. The summed E-state index contributed by atoms with van der Waals surface area (Å²) in [6, 6.07) is 12.3. The van der Waals surface area contributed by atoms with Crippen molar-refractivity contribution in [2.24, 2.45) is 11.3 Å². The molecule has 182 valence electrons. The van der Waals surface area contributed by atoms with Crippen molar-refractivity contribution in [2.75, 3.05) is 33.9 Å². The maximum Gasteiger partial charge on any atom is 0.407 e. The van der Waals surface area contributed by atoms with E-state index in [1.807, 2.05) is 18.2 Å². The fourth-order valence-corrected chi connectivity index (χ4v) is 5.94. The summed E-state index contributed by atoms with van der Waals surface area (Å²) in [5.74, 6) is 2.11. The van der Waals surface area contributed by atoms with Crippen LogP contribution < -0.4 is 14.8 Å². The molecule has 2 aromatic rings. The van der Waals surface area contributed by atoms with Gasteiger partial charge in [0.15, 0.2) is 0 Å². The maximum atomic E-state index is 13.0. The third-order valence-electron chi connectivity index (χ3n) is 8.11. The van der Waals surface area contributed by atoms with Gasteiger partial charge in [0.2, 0.25) is 0 Å². The van der Waals surface area contributed by atoms with Gasteiger partial charge in [-0.05, 0) is 85.0 Å². The molecule has 0 spiro atoms. The summed E-state index contributed by atoms with van der Waals surface area (Å²) in [6.07, 6.45) is 3.94. The van der Waals surface area contributed by atoms with E-state index >= 15 is 0 Å². The molecule has 3 aliphatic heterocycles. The highest BCUT2D eigenvalue weighted by atomic mass is 16.6. The van der Waals surface area contributed by atoms with Crippen LogP contribution in [-0.4, -0.2) is 51.0 Å². The largest absolute Gasteiger partial charge is 0.497 e. The molecule has 6 heteroatoms. The Morgan fingerprint density at radius 1 is 1.06 bits per heavy atom. The van der Waals surface area contributed by atoms with Gasteiger partial charge in [-0.3, -0.25) is 4.90 Å². The number of benzene rings is 2. The molecule has 6 rings (SSSR count). The molecule has 3 fully saturated rings. The monoisotopic (exact) mass is 464 g/mol. The lowest BCUT2D eigenvalue weighted by atomic mass is 9.70. The predicted molar refractivity (Wildman–Crippen MR) is 132 cm³/mol. The standard InChI is InChI=1S/C28H36N2O4/c1-28(2)12-9-20-15-19(23-16-21(32-3)6-8-24(23)33-4)5-7-22(20)26(28)29-27(31)34-25-17-30-13-10-18(25)11-14-30/h5-8,15-16,18,25-26H,9-14,17H2,1-4H3,(H,29,31)/t25-,26?/m1/s1. The van der Waals surface area contributed by atoms with Crippen molar-refractivity contribution in [3.05, 3.63) is 47.5 Å². The van der Waals surface area contributed by atoms with E-state index in [9.17, 15) is 4.79 Å². The Balaban J connectivity index is 1.38. The van der Waals surface area contributed by atoms with E-state index in [4.69, 9.17) is 14.2 Å². The van der Waals surface area contributed by atoms with Gasteiger partial charge in [-0.25, -0.2) is 4.79 Å². The second kappa shape index (κ2) is 9.14. The average Bonchev–Trinajstić information content (AvgIpc) is 2.86. The number of methoxy groups -OCH3 is 2. The zero-order valence-electron chi connectivity index (χ0n) is 20.7. The number of carbonyl (C=O) groups is 1. The highest BCUT2D eigenvalue weighted by Crippen LogP contribution is 2.45. The van der Waals surface area contributed by atoms with E-state index in [1.54, 1.807) is 14.2 Å². The third-order valence-corrected chi connectivity index (χ3v) is 8.11. The van der Waals surface area contributed by atoms with E-state index in [-0.39, 0.29) is 23.7 Å². The molecule has 2 bridgehead atoms. The number of hydrogen-bond acceptors (Lipinski definition) is 5. The van der Waals surface area contributed by atoms with E-state index in [0.717, 1.165) is 67.9 Å². The second-order valence-corrected chi connectivity index (χ2v) is 10.6. The SMILES string of the molecule is COc1ccc(OC)c(-c2ccc3c(c2)CCC(C)(C)C3NC(=O)O[C@@H]2CN3CCC2CC3)c1. The van der Waals surface area contributed by atoms with E-state index in [2.05, 4.69) is 42.3 Å². The molecule has 1 aliphatic carbocycles. The van der Waals surface area contributed by atoms with Gasteiger partial charge in [0.1, 0.15) is 17.6 Å². The van der Waals surface area contributed by atoms with E-state index in [1.165, 1.54) is 11.1 Å². The lowest BCUT2D eigenvalue weighted by Gasteiger charge is -2.44. The third kappa shape index (κ3) is 4.36. The van der Waals surface area contributed by atoms with Crippen LogP contribution in [0.3, 0.4) is 0 Å². The molecule has 1 amide bonds. The van der Waals surface area contributed by atoms with Gasteiger partial charge in [0.25, 0.3) is 0 Å². The number of hydrogen-bond donors (Lipinski definition) is 1. The number of ether oxygens (including phenoxy) is 3. The van der Waals surface area contributed by atoms with Gasteiger partial charge in [-0.15, -0.1) is 0 Å². The zero-order valence-corrected chi connectivity index (χ0v) is 20.7. The Morgan fingerprint density at radius 2 is 1.85 bits per heavy atom. The molecule has 0 saturated carbocycles. The summed E-state index contributed by atoms with van der Waals surface area (Å²) in [4.78, 5) is 15.4. The number of fused-ring (bicyclic) bond motifs is 4. The van der Waals surface area contributed by atoms with Crippen LogP contribution in [0.2, 0.25) is 0 Å². The minimum absolute atomic E-state index is 0.0107. The lowest BCUT2D eigenvalue weighted by Crippen LogP contribution is -2.53. The van der Waals surface area contributed by atoms with Gasteiger partial charge in [0.05, 0.1) is 20.3 Å². The summed E-state index contributed by atoms with van der Waals surface area (Å²) in [6.45, 7) is 7.60. The summed E-state index contributed by atoms with van der Waals surface area (Å²) in [5.41, 5.74) is 4.46. The number of alkyl carbamates (subject to hydrolysis) is 1. The van der Waals surface area contributed by atoms with Crippen molar-refractivity contribution < 1.29 is 19.0 Å². The predicted octanol–water partition coefficient (Wildman–Crippen LogP) is 5.20. The van der Waals surface area contributed by atoms with Crippen molar-refractivity contribution in [1.29, 1.82) is 0 Å². The summed E-state index contributed by atoms with van der Waals surface area (Å²) in [5, 5.41) is 3.25. The fourth-order valence-electron chi connectivity index (χ4n) is 5.94. The van der Waals surface area contributed by atoms with Crippen LogP contribution in [0.15, 0.2) is 36.4 Å². The number of nitrogens with one attached hydrogen (secondary N) is 1. The zero-order chi connectivity index (χ0) is 23.9. The topological polar surface area (TPSA) is 60.0 Å². The summed E-state index contributed by atoms with van der Waals surface area (Å²) in [7, 11) is 3.36. The van der Waals surface area contributed by atoms with Gasteiger partial charge >= 0.3 is 6.09 Å². The first kappa shape index (κ1) is 23.0. The quantitative estimate of drug-likeness (QED) is 0.659. The van der Waals surface area contributed by atoms with Crippen molar-refractivity contribution in [3.63, 3.8) is 0 Å². The molecule has 3 heterocycles. The molecule has 1 N–H and O–H groups in total.